The van der Waals surface area contributed by atoms with Gasteiger partial charge < -0.3 is 9.84 Å². The number of aromatic nitrogens is 6. The van der Waals surface area contributed by atoms with E-state index in [1.165, 1.54) is 21.8 Å². The molecule has 4 heterocycles. The van der Waals surface area contributed by atoms with Crippen molar-refractivity contribution in [1.29, 1.82) is 10.5 Å². The standard InChI is InChI=1S/C17H13ClN4O2.C15H9ClN4O2/c1-2-24-17(23)14-9-21-22(16(14)7-19)10-11-3-4-15-12(5-11)6-13(18)8-20-15;16-11-4-10-3-9(1-2-13(10)18-6-11)8-20-14(5-17)12(7-19-20)15(21)22/h3-6,8-9H,2,10H2,1H3;1-4,6-7H,8H2,(H,21,22). The van der Waals surface area contributed by atoms with E-state index >= 15 is 0 Å². The van der Waals surface area contributed by atoms with E-state index in [1.807, 2.05) is 54.6 Å². The molecule has 6 rings (SSSR count). The minimum Gasteiger partial charge on any atom is -0.478 e. The Balaban J connectivity index is 0.000000182. The van der Waals surface area contributed by atoms with Crippen molar-refractivity contribution in [3.8, 4) is 12.1 Å². The van der Waals surface area contributed by atoms with E-state index in [0.717, 1.165) is 32.9 Å². The van der Waals surface area contributed by atoms with Gasteiger partial charge in [-0.3, -0.25) is 9.97 Å². The Morgan fingerprint density at radius 3 is 1.72 bits per heavy atom. The molecule has 0 bridgehead atoms. The molecule has 0 atom stereocenters. The summed E-state index contributed by atoms with van der Waals surface area (Å²) in [5.74, 6) is -1.72. The van der Waals surface area contributed by atoms with Crippen LogP contribution < -0.4 is 0 Å². The summed E-state index contributed by atoms with van der Waals surface area (Å²) in [6.45, 7) is 2.60. The van der Waals surface area contributed by atoms with Gasteiger partial charge in [-0.15, -0.1) is 0 Å². The van der Waals surface area contributed by atoms with E-state index in [-0.39, 0.29) is 29.1 Å². The van der Waals surface area contributed by atoms with Gasteiger partial charge in [-0.05, 0) is 54.4 Å². The predicted molar refractivity (Wildman–Crippen MR) is 169 cm³/mol. The Labute approximate surface area is 271 Å². The summed E-state index contributed by atoms with van der Waals surface area (Å²) in [6, 6.07) is 18.8. The number of esters is 1. The average molecular weight is 653 g/mol. The van der Waals surface area contributed by atoms with E-state index in [4.69, 9.17) is 38.3 Å². The van der Waals surface area contributed by atoms with E-state index in [9.17, 15) is 14.9 Å². The van der Waals surface area contributed by atoms with E-state index < -0.39 is 11.9 Å². The van der Waals surface area contributed by atoms with Gasteiger partial charge in [0.2, 0.25) is 0 Å². The minimum absolute atomic E-state index is 0.0248. The number of benzene rings is 2. The van der Waals surface area contributed by atoms with E-state index in [2.05, 4.69) is 20.2 Å². The second-order valence-corrected chi connectivity index (χ2v) is 10.6. The van der Waals surface area contributed by atoms with Crippen molar-refractivity contribution in [3.05, 3.63) is 117 Å². The number of fused-ring (bicyclic) bond motifs is 2. The van der Waals surface area contributed by atoms with Gasteiger partial charge in [-0.2, -0.15) is 20.7 Å². The number of aromatic carboxylic acids is 1. The number of ether oxygens (including phenoxy) is 1. The molecule has 0 aliphatic rings. The number of pyridine rings is 2. The number of nitriles is 2. The zero-order valence-electron chi connectivity index (χ0n) is 24.1. The monoisotopic (exact) mass is 652 g/mol. The lowest BCUT2D eigenvalue weighted by molar-refractivity contribution is 0.0525. The van der Waals surface area contributed by atoms with E-state index in [0.29, 0.717) is 23.1 Å². The van der Waals surface area contributed by atoms with Crippen LogP contribution in [0.4, 0.5) is 0 Å². The lowest BCUT2D eigenvalue weighted by atomic mass is 10.1. The number of hydrogen-bond donors (Lipinski definition) is 1. The Bertz CT molecular complexity index is 2200. The minimum atomic E-state index is -1.17. The second kappa shape index (κ2) is 13.9. The number of carboxylic acid groups (broad SMARTS) is 1. The van der Waals surface area contributed by atoms with Crippen molar-refractivity contribution < 1.29 is 19.4 Å². The lowest BCUT2D eigenvalue weighted by Crippen LogP contribution is -2.09. The number of halogens is 2. The van der Waals surface area contributed by atoms with Crippen LogP contribution in [0.25, 0.3) is 21.8 Å². The van der Waals surface area contributed by atoms with E-state index in [1.54, 1.807) is 25.4 Å². The molecule has 1 N–H and O–H groups in total. The Kier molecular flexibility index (Phi) is 9.53. The first-order valence-electron chi connectivity index (χ1n) is 13.6. The van der Waals surface area contributed by atoms with Crippen LogP contribution in [0.2, 0.25) is 10.0 Å². The summed E-state index contributed by atoms with van der Waals surface area (Å²) >= 11 is 11.9. The second-order valence-electron chi connectivity index (χ2n) is 9.74. The first-order chi connectivity index (χ1) is 22.2. The van der Waals surface area contributed by atoms with Gasteiger partial charge in [0.25, 0.3) is 0 Å². The predicted octanol–water partition coefficient (Wildman–Crippen LogP) is 5.88. The largest absolute Gasteiger partial charge is 0.478 e. The molecule has 0 saturated carbocycles. The zero-order chi connectivity index (χ0) is 32.8. The van der Waals surface area contributed by atoms with Crippen LogP contribution in [-0.4, -0.2) is 53.2 Å². The lowest BCUT2D eigenvalue weighted by Gasteiger charge is -2.06. The molecule has 0 aliphatic carbocycles. The number of nitrogens with zero attached hydrogens (tertiary/aromatic N) is 8. The molecule has 0 radical (unpaired) electrons. The average Bonchev–Trinajstić information content (AvgIpc) is 3.64. The molecule has 0 fully saturated rings. The van der Waals surface area contributed by atoms with Crippen LogP contribution in [0.5, 0.6) is 0 Å². The summed E-state index contributed by atoms with van der Waals surface area (Å²) in [6.07, 6.45) is 5.71. The highest BCUT2D eigenvalue weighted by Gasteiger charge is 2.19. The Morgan fingerprint density at radius 1 is 0.783 bits per heavy atom. The molecule has 0 spiro atoms. The van der Waals surface area contributed by atoms with Gasteiger partial charge >= 0.3 is 11.9 Å². The third-order valence-corrected chi connectivity index (χ3v) is 7.12. The van der Waals surface area contributed by atoms with Crippen molar-refractivity contribution >= 4 is 56.9 Å². The molecule has 0 amide bonds. The Morgan fingerprint density at radius 2 is 1.26 bits per heavy atom. The van der Waals surface area contributed by atoms with Crippen LogP contribution in [0, 0.1) is 22.7 Å². The maximum Gasteiger partial charge on any atom is 0.342 e. The summed E-state index contributed by atoms with van der Waals surface area (Å²) in [7, 11) is 0. The maximum atomic E-state index is 11.9. The highest BCUT2D eigenvalue weighted by molar-refractivity contribution is 6.31. The van der Waals surface area contributed by atoms with Crippen molar-refractivity contribution in [2.45, 2.75) is 20.0 Å². The molecule has 12 nitrogen and oxygen atoms in total. The van der Waals surface area contributed by atoms with Crippen LogP contribution in [-0.2, 0) is 17.8 Å². The number of carbonyl (C=O) groups is 2. The van der Waals surface area contributed by atoms with Crippen molar-refractivity contribution in [2.24, 2.45) is 0 Å². The molecule has 6 aromatic rings. The van der Waals surface area contributed by atoms with Gasteiger partial charge in [0, 0.05) is 23.2 Å². The smallest absolute Gasteiger partial charge is 0.342 e. The molecule has 0 saturated heterocycles. The van der Waals surface area contributed by atoms with Gasteiger partial charge in [0.05, 0.1) is 53.2 Å². The fraction of sp³-hybridized carbons (Fsp3) is 0.125. The van der Waals surface area contributed by atoms with Gasteiger partial charge in [0.15, 0.2) is 11.4 Å². The zero-order valence-corrected chi connectivity index (χ0v) is 25.6. The molecule has 14 heteroatoms. The first-order valence-corrected chi connectivity index (χ1v) is 14.4. The number of carbonyl (C=O) groups excluding carboxylic acids is 1. The molecule has 4 aromatic heterocycles. The number of rotatable bonds is 7. The van der Waals surface area contributed by atoms with Crippen LogP contribution in [0.1, 0.15) is 50.2 Å². The fourth-order valence-corrected chi connectivity index (χ4v) is 4.94. The SMILES string of the molecule is CCOC(=O)c1cnn(Cc2ccc3ncc(Cl)cc3c2)c1C#N.N#Cc1c(C(=O)O)cnn1Cc1ccc2ncc(Cl)cc2c1. The third-order valence-electron chi connectivity index (χ3n) is 6.71. The number of hydrogen-bond acceptors (Lipinski definition) is 9. The van der Waals surface area contributed by atoms with Crippen molar-refractivity contribution in [1.82, 2.24) is 29.5 Å². The van der Waals surface area contributed by atoms with Crippen LogP contribution in [0.15, 0.2) is 73.3 Å². The van der Waals surface area contributed by atoms with Crippen molar-refractivity contribution in [3.63, 3.8) is 0 Å². The fourth-order valence-electron chi connectivity index (χ4n) is 4.61. The molecule has 46 heavy (non-hydrogen) atoms. The Hall–Kier alpha value is -5.82. The summed E-state index contributed by atoms with van der Waals surface area (Å²) in [5, 5.41) is 38.5. The topological polar surface area (TPSA) is 173 Å². The first kappa shape index (κ1) is 31.6. The normalized spacial score (nSPS) is 10.5. The summed E-state index contributed by atoms with van der Waals surface area (Å²) in [5.41, 5.74) is 3.69. The third kappa shape index (κ3) is 6.94. The molecular weight excluding hydrogens is 631 g/mol. The number of carboxylic acids is 1. The van der Waals surface area contributed by atoms with Crippen LogP contribution in [0.3, 0.4) is 0 Å². The van der Waals surface area contributed by atoms with Gasteiger partial charge in [-0.25, -0.2) is 19.0 Å². The highest BCUT2D eigenvalue weighted by atomic mass is 35.5. The quantitative estimate of drug-likeness (QED) is 0.205. The molecule has 0 aliphatic heterocycles. The van der Waals surface area contributed by atoms with Crippen molar-refractivity contribution in [2.75, 3.05) is 6.61 Å². The molecule has 2 aromatic carbocycles. The molecule has 0 unspecified atom stereocenters. The summed E-state index contributed by atoms with van der Waals surface area (Å²) in [4.78, 5) is 31.3. The van der Waals surface area contributed by atoms with Gasteiger partial charge in [-0.1, -0.05) is 35.3 Å². The van der Waals surface area contributed by atoms with Crippen LogP contribution >= 0.6 is 23.2 Å². The highest BCUT2D eigenvalue weighted by Crippen LogP contribution is 2.21. The van der Waals surface area contributed by atoms with Gasteiger partial charge in [0.1, 0.15) is 23.3 Å². The molecular formula is C32H22Cl2N8O4. The maximum absolute atomic E-state index is 11.9. The molecule has 228 valence electrons. The summed E-state index contributed by atoms with van der Waals surface area (Å²) < 4.78 is 7.78.